The Morgan fingerprint density at radius 3 is 2.64 bits per heavy atom. The lowest BCUT2D eigenvalue weighted by Gasteiger charge is -2.15. The number of thioether (sulfide) groups is 1. The van der Waals surface area contributed by atoms with Crippen molar-refractivity contribution >= 4 is 17.7 Å². The van der Waals surface area contributed by atoms with Crippen LogP contribution < -0.4 is 15.8 Å². The molecule has 174 valence electrons. The predicted molar refractivity (Wildman–Crippen MR) is 119 cm³/mol. The van der Waals surface area contributed by atoms with E-state index in [2.05, 4.69) is 10.3 Å². The minimum atomic E-state index is -4.59. The molecule has 0 aliphatic carbocycles. The first kappa shape index (κ1) is 24.5. The minimum absolute atomic E-state index is 0.00986. The molecule has 0 unspecified atom stereocenters. The van der Waals surface area contributed by atoms with Crippen molar-refractivity contribution < 1.29 is 27.1 Å². The molecule has 0 saturated carbocycles. The van der Waals surface area contributed by atoms with Crippen LogP contribution in [0, 0.1) is 5.82 Å². The van der Waals surface area contributed by atoms with Crippen molar-refractivity contribution in [3.05, 3.63) is 77.4 Å². The van der Waals surface area contributed by atoms with Gasteiger partial charge >= 0.3 is 6.18 Å². The number of alkyl halides is 3. The number of carbonyl (C=O) groups excluding carboxylic acids is 1. The summed E-state index contributed by atoms with van der Waals surface area (Å²) in [6.45, 7) is 0.281. The van der Waals surface area contributed by atoms with E-state index >= 15 is 0 Å². The van der Waals surface area contributed by atoms with Crippen molar-refractivity contribution in [1.29, 1.82) is 0 Å². The van der Waals surface area contributed by atoms with Gasteiger partial charge in [-0.05, 0) is 47.5 Å². The Hall–Kier alpha value is -3.11. The number of benzene rings is 2. The molecule has 3 N–H and O–H groups in total. The second kappa shape index (κ2) is 10.7. The molecule has 5 nitrogen and oxygen atoms in total. The highest BCUT2D eigenvalue weighted by atomic mass is 32.2. The number of amides is 1. The summed E-state index contributed by atoms with van der Waals surface area (Å²) in [6.07, 6.45) is -1.53. The number of halogens is 4. The summed E-state index contributed by atoms with van der Waals surface area (Å²) >= 11 is 1.14. The van der Waals surface area contributed by atoms with Crippen LogP contribution in [0.2, 0.25) is 0 Å². The predicted octanol–water partition coefficient (Wildman–Crippen LogP) is 4.90. The highest BCUT2D eigenvalue weighted by molar-refractivity contribution is 7.99. The fraction of sp³-hybridized carbons (Fsp3) is 0.217. The van der Waals surface area contributed by atoms with Gasteiger partial charge in [-0.2, -0.15) is 13.2 Å². The van der Waals surface area contributed by atoms with Gasteiger partial charge in [0.1, 0.15) is 11.6 Å². The first-order valence-corrected chi connectivity index (χ1v) is 10.8. The van der Waals surface area contributed by atoms with E-state index in [9.17, 15) is 22.4 Å². The molecule has 0 bridgehead atoms. The number of nitrogens with one attached hydrogen (secondary N) is 1. The summed E-state index contributed by atoms with van der Waals surface area (Å²) in [5.41, 5.74) is 6.23. The van der Waals surface area contributed by atoms with E-state index < -0.39 is 23.5 Å². The molecule has 0 saturated heterocycles. The van der Waals surface area contributed by atoms with Crippen LogP contribution in [-0.4, -0.2) is 30.3 Å². The Labute approximate surface area is 192 Å². The Balaban J connectivity index is 1.86. The molecular formula is C23H21F4N3O2S. The van der Waals surface area contributed by atoms with Gasteiger partial charge in [0.25, 0.3) is 5.91 Å². The monoisotopic (exact) mass is 479 g/mol. The van der Waals surface area contributed by atoms with Crippen molar-refractivity contribution in [3.8, 4) is 16.9 Å². The summed E-state index contributed by atoms with van der Waals surface area (Å²) in [4.78, 5) is 17.1. The zero-order valence-electron chi connectivity index (χ0n) is 17.6. The number of hydrogen-bond acceptors (Lipinski definition) is 5. The Morgan fingerprint density at radius 2 is 1.94 bits per heavy atom. The molecule has 33 heavy (non-hydrogen) atoms. The molecule has 0 aliphatic heterocycles. The van der Waals surface area contributed by atoms with E-state index in [4.69, 9.17) is 10.5 Å². The molecule has 1 amide bonds. The van der Waals surface area contributed by atoms with Gasteiger partial charge in [0.2, 0.25) is 0 Å². The van der Waals surface area contributed by atoms with Gasteiger partial charge in [-0.25, -0.2) is 4.39 Å². The Kier molecular flexibility index (Phi) is 7.93. The van der Waals surface area contributed by atoms with Gasteiger partial charge in [0.05, 0.1) is 12.7 Å². The average Bonchev–Trinajstić information content (AvgIpc) is 2.80. The molecule has 0 aliphatic rings. The lowest BCUT2D eigenvalue weighted by atomic mass is 10.0. The van der Waals surface area contributed by atoms with Crippen molar-refractivity contribution in [2.24, 2.45) is 5.73 Å². The zero-order chi connectivity index (χ0) is 24.0. The smallest absolute Gasteiger partial charge is 0.416 e. The average molecular weight is 479 g/mol. The second-order valence-corrected chi connectivity index (χ2v) is 8.11. The number of nitrogens with two attached hydrogens (primary N) is 1. The number of aromatic nitrogens is 1. The van der Waals surface area contributed by atoms with Crippen molar-refractivity contribution in [2.75, 3.05) is 19.4 Å². The normalized spacial score (nSPS) is 11.3. The third-order valence-electron chi connectivity index (χ3n) is 4.68. The number of ether oxygens (including phenoxy) is 1. The van der Waals surface area contributed by atoms with Crippen molar-refractivity contribution in [2.45, 2.75) is 17.6 Å². The number of rotatable bonds is 8. The molecular weight excluding hydrogens is 458 g/mol. The Morgan fingerprint density at radius 1 is 1.15 bits per heavy atom. The third-order valence-corrected chi connectivity index (χ3v) is 5.69. The van der Waals surface area contributed by atoms with Crippen LogP contribution in [0.5, 0.6) is 5.75 Å². The van der Waals surface area contributed by atoms with Gasteiger partial charge < -0.3 is 15.8 Å². The van der Waals surface area contributed by atoms with E-state index in [1.807, 2.05) is 0 Å². The van der Waals surface area contributed by atoms with E-state index in [1.54, 1.807) is 12.1 Å². The summed E-state index contributed by atoms with van der Waals surface area (Å²) in [5, 5.41) is 2.64. The summed E-state index contributed by atoms with van der Waals surface area (Å²) < 4.78 is 58.8. The standard InChI is InChI=1S/C23H21F4N3O2S/c1-32-21-11-17(24)2-3-20(21)19-4-6-29-12-15(19)13-30-22(31)14-8-16(23(25,26)27)10-18(9-14)33-7-5-28/h2-4,6,8-12H,5,7,13,28H2,1H3,(H,30,31). The van der Waals surface area contributed by atoms with Gasteiger partial charge in [-0.15, -0.1) is 11.8 Å². The molecule has 0 fully saturated rings. The van der Waals surface area contributed by atoms with Crippen molar-refractivity contribution in [3.63, 3.8) is 0 Å². The first-order valence-electron chi connectivity index (χ1n) is 9.83. The summed E-state index contributed by atoms with van der Waals surface area (Å²) in [5.74, 6) is -0.418. The minimum Gasteiger partial charge on any atom is -0.496 e. The van der Waals surface area contributed by atoms with Crippen LogP contribution >= 0.6 is 11.8 Å². The van der Waals surface area contributed by atoms with Crippen LogP contribution in [0.3, 0.4) is 0 Å². The fourth-order valence-corrected chi connectivity index (χ4v) is 3.92. The Bertz CT molecular complexity index is 1140. The van der Waals surface area contributed by atoms with Crippen LogP contribution in [0.25, 0.3) is 11.1 Å². The zero-order valence-corrected chi connectivity index (χ0v) is 18.4. The molecule has 3 rings (SSSR count). The number of hydrogen-bond donors (Lipinski definition) is 2. The molecule has 1 aromatic heterocycles. The quantitative estimate of drug-likeness (QED) is 0.355. The molecule has 2 aromatic carbocycles. The second-order valence-electron chi connectivity index (χ2n) is 6.94. The fourth-order valence-electron chi connectivity index (χ4n) is 3.15. The molecule has 3 aromatic rings. The number of carbonyl (C=O) groups is 1. The van der Waals surface area contributed by atoms with E-state index in [0.29, 0.717) is 39.6 Å². The highest BCUT2D eigenvalue weighted by Crippen LogP contribution is 2.34. The topological polar surface area (TPSA) is 77.2 Å². The van der Waals surface area contributed by atoms with E-state index in [0.717, 1.165) is 23.9 Å². The maximum atomic E-state index is 13.6. The van der Waals surface area contributed by atoms with Gasteiger partial charge in [0, 0.05) is 53.3 Å². The molecule has 0 radical (unpaired) electrons. The molecule has 1 heterocycles. The first-order chi connectivity index (χ1) is 15.7. The SMILES string of the molecule is COc1cc(F)ccc1-c1ccncc1CNC(=O)c1cc(SCCN)cc(C(F)(F)F)c1. The number of pyridine rings is 1. The van der Waals surface area contributed by atoms with Crippen molar-refractivity contribution in [1.82, 2.24) is 10.3 Å². The van der Waals surface area contributed by atoms with Crippen LogP contribution in [0.4, 0.5) is 17.6 Å². The van der Waals surface area contributed by atoms with Gasteiger partial charge in [-0.3, -0.25) is 9.78 Å². The van der Waals surface area contributed by atoms with Gasteiger partial charge in [-0.1, -0.05) is 0 Å². The molecule has 0 spiro atoms. The maximum absolute atomic E-state index is 13.6. The van der Waals surface area contributed by atoms with E-state index in [1.165, 1.54) is 37.7 Å². The lowest BCUT2D eigenvalue weighted by Crippen LogP contribution is -2.24. The lowest BCUT2D eigenvalue weighted by molar-refractivity contribution is -0.137. The highest BCUT2D eigenvalue weighted by Gasteiger charge is 2.32. The third kappa shape index (κ3) is 6.23. The number of nitrogens with zero attached hydrogens (tertiary/aromatic N) is 1. The summed E-state index contributed by atoms with van der Waals surface area (Å²) in [7, 11) is 1.41. The maximum Gasteiger partial charge on any atom is 0.416 e. The summed E-state index contributed by atoms with van der Waals surface area (Å²) in [6, 6.07) is 8.96. The van der Waals surface area contributed by atoms with E-state index in [-0.39, 0.29) is 12.1 Å². The van der Waals surface area contributed by atoms with Crippen LogP contribution in [-0.2, 0) is 12.7 Å². The molecule has 0 atom stereocenters. The largest absolute Gasteiger partial charge is 0.496 e. The number of methoxy groups -OCH3 is 1. The van der Waals surface area contributed by atoms with Crippen LogP contribution in [0.1, 0.15) is 21.5 Å². The van der Waals surface area contributed by atoms with Crippen LogP contribution in [0.15, 0.2) is 59.8 Å². The van der Waals surface area contributed by atoms with Gasteiger partial charge in [0.15, 0.2) is 0 Å². The molecule has 10 heteroatoms.